The first-order valence-electron chi connectivity index (χ1n) is 9.65. The minimum absolute atomic E-state index is 0.323. The molecule has 2 heterocycles. The summed E-state index contributed by atoms with van der Waals surface area (Å²) in [6.07, 6.45) is 3.88. The molecule has 5 heteroatoms. The second-order valence-electron chi connectivity index (χ2n) is 6.98. The molecule has 2 aliphatic rings. The number of aromatic nitrogens is 3. The van der Waals surface area contributed by atoms with E-state index in [0.717, 1.165) is 28.5 Å². The molecule has 0 unspecified atom stereocenters. The van der Waals surface area contributed by atoms with Gasteiger partial charge in [0.1, 0.15) is 23.0 Å². The fraction of sp³-hybridized carbons (Fsp3) is 0.0400. The summed E-state index contributed by atoms with van der Waals surface area (Å²) in [5.74, 6) is 1.67. The fourth-order valence-electron chi connectivity index (χ4n) is 3.36. The number of rotatable bonds is 5. The van der Waals surface area contributed by atoms with Crippen LogP contribution in [0.3, 0.4) is 0 Å². The Balaban J connectivity index is 1.39. The van der Waals surface area contributed by atoms with Crippen LogP contribution < -0.4 is 4.74 Å². The normalized spacial score (nSPS) is 11.0. The SMILES string of the molecule is Fc1ccccc1-c1nc2ccn(Cc3cccc(Oc4ccccc4)c3)cc-2n1. The largest absolute Gasteiger partial charge is 0.457 e. The van der Waals surface area contributed by atoms with E-state index in [1.54, 1.807) is 18.2 Å². The monoisotopic (exact) mass is 395 g/mol. The molecule has 0 saturated carbocycles. The molecule has 0 N–H and O–H groups in total. The number of hydrogen-bond acceptors (Lipinski definition) is 3. The van der Waals surface area contributed by atoms with Crippen molar-refractivity contribution < 1.29 is 9.13 Å². The molecular weight excluding hydrogens is 377 g/mol. The van der Waals surface area contributed by atoms with Crippen LogP contribution in [0.4, 0.5) is 4.39 Å². The van der Waals surface area contributed by atoms with Gasteiger partial charge in [0.05, 0.1) is 11.3 Å². The van der Waals surface area contributed by atoms with Gasteiger partial charge in [-0.15, -0.1) is 0 Å². The highest BCUT2D eigenvalue weighted by molar-refractivity contribution is 5.65. The molecular formula is C25H18FN3O. The summed E-state index contributed by atoms with van der Waals surface area (Å²) < 4.78 is 22.0. The van der Waals surface area contributed by atoms with Crippen molar-refractivity contribution in [1.82, 2.24) is 14.5 Å². The molecule has 3 aromatic carbocycles. The zero-order chi connectivity index (χ0) is 20.3. The zero-order valence-corrected chi connectivity index (χ0v) is 16.1. The maximum atomic E-state index is 14.1. The van der Waals surface area contributed by atoms with Crippen LogP contribution in [0.15, 0.2) is 97.3 Å². The van der Waals surface area contributed by atoms with Gasteiger partial charge < -0.3 is 9.30 Å². The van der Waals surface area contributed by atoms with Crippen molar-refractivity contribution in [2.24, 2.45) is 0 Å². The Labute approximate surface area is 173 Å². The first-order chi connectivity index (χ1) is 14.7. The average molecular weight is 395 g/mol. The standard InChI is InChI=1S/C25H18FN3O/c26-22-12-5-4-11-21(22)25-27-23-13-14-29(17-24(23)28-25)16-18-7-6-10-20(15-18)30-19-8-2-1-3-9-19/h1-15,17H,16H2. The third-order valence-electron chi connectivity index (χ3n) is 4.78. The van der Waals surface area contributed by atoms with Crippen molar-refractivity contribution in [3.05, 3.63) is 109 Å². The fourth-order valence-corrected chi connectivity index (χ4v) is 3.36. The molecule has 0 fully saturated rings. The predicted molar refractivity (Wildman–Crippen MR) is 114 cm³/mol. The van der Waals surface area contributed by atoms with Gasteiger partial charge in [-0.05, 0) is 48.0 Å². The zero-order valence-electron chi connectivity index (χ0n) is 16.1. The number of nitrogens with zero attached hydrogens (tertiary/aromatic N) is 3. The molecule has 0 aliphatic carbocycles. The minimum Gasteiger partial charge on any atom is -0.457 e. The molecule has 0 spiro atoms. The Morgan fingerprint density at radius 2 is 1.53 bits per heavy atom. The van der Waals surface area contributed by atoms with Crippen LogP contribution in [0.25, 0.3) is 22.8 Å². The van der Waals surface area contributed by atoms with E-state index in [9.17, 15) is 4.39 Å². The smallest absolute Gasteiger partial charge is 0.163 e. The Morgan fingerprint density at radius 1 is 0.767 bits per heavy atom. The summed E-state index contributed by atoms with van der Waals surface area (Å²) >= 11 is 0. The summed E-state index contributed by atoms with van der Waals surface area (Å²) in [4.78, 5) is 8.99. The second kappa shape index (κ2) is 7.79. The van der Waals surface area contributed by atoms with Crippen LogP contribution in [-0.2, 0) is 6.54 Å². The van der Waals surface area contributed by atoms with Crippen molar-refractivity contribution in [3.8, 4) is 34.3 Å². The van der Waals surface area contributed by atoms with Crippen LogP contribution in [0, 0.1) is 5.82 Å². The number of pyridine rings is 1. The molecule has 0 atom stereocenters. The average Bonchev–Trinajstić information content (AvgIpc) is 3.18. The molecule has 30 heavy (non-hydrogen) atoms. The molecule has 0 radical (unpaired) electrons. The van der Waals surface area contributed by atoms with Gasteiger partial charge in [0.25, 0.3) is 0 Å². The van der Waals surface area contributed by atoms with Crippen LogP contribution >= 0.6 is 0 Å². The first kappa shape index (κ1) is 18.1. The van der Waals surface area contributed by atoms with E-state index in [1.165, 1.54) is 6.07 Å². The lowest BCUT2D eigenvalue weighted by atomic mass is 10.2. The maximum absolute atomic E-state index is 14.1. The predicted octanol–water partition coefficient (Wildman–Crippen LogP) is 6.03. The van der Waals surface area contributed by atoms with Gasteiger partial charge >= 0.3 is 0 Å². The lowest BCUT2D eigenvalue weighted by Crippen LogP contribution is -2.01. The topological polar surface area (TPSA) is 39.9 Å². The molecule has 146 valence electrons. The van der Waals surface area contributed by atoms with Gasteiger partial charge in [0.15, 0.2) is 5.82 Å². The summed E-state index contributed by atoms with van der Waals surface area (Å²) in [6.45, 7) is 0.657. The van der Waals surface area contributed by atoms with Crippen molar-refractivity contribution in [2.75, 3.05) is 0 Å². The van der Waals surface area contributed by atoms with E-state index in [0.29, 0.717) is 17.9 Å². The van der Waals surface area contributed by atoms with E-state index < -0.39 is 0 Å². The quantitative estimate of drug-likeness (QED) is 0.365. The van der Waals surface area contributed by atoms with Gasteiger partial charge in [-0.2, -0.15) is 0 Å². The second-order valence-corrected chi connectivity index (χ2v) is 6.98. The lowest BCUT2D eigenvalue weighted by molar-refractivity contribution is 0.481. The third kappa shape index (κ3) is 3.78. The maximum Gasteiger partial charge on any atom is 0.163 e. The summed E-state index contributed by atoms with van der Waals surface area (Å²) in [5.41, 5.74) is 2.98. The van der Waals surface area contributed by atoms with Gasteiger partial charge in [0, 0.05) is 18.9 Å². The van der Waals surface area contributed by atoms with E-state index in [2.05, 4.69) is 16.0 Å². The Morgan fingerprint density at radius 3 is 2.40 bits per heavy atom. The van der Waals surface area contributed by atoms with Crippen LogP contribution in [0.5, 0.6) is 11.5 Å². The highest BCUT2D eigenvalue weighted by Crippen LogP contribution is 2.27. The summed E-state index contributed by atoms with van der Waals surface area (Å²) in [6, 6.07) is 26.1. The van der Waals surface area contributed by atoms with E-state index >= 15 is 0 Å². The van der Waals surface area contributed by atoms with Crippen molar-refractivity contribution >= 4 is 0 Å². The van der Waals surface area contributed by atoms with Gasteiger partial charge in [-0.25, -0.2) is 14.4 Å². The van der Waals surface area contributed by atoms with Crippen LogP contribution in [-0.4, -0.2) is 14.5 Å². The first-order valence-corrected chi connectivity index (χ1v) is 9.65. The Hall–Kier alpha value is -3.99. The number of para-hydroxylation sites is 1. The number of ether oxygens (including phenoxy) is 1. The Bertz CT molecular complexity index is 1270. The van der Waals surface area contributed by atoms with Crippen molar-refractivity contribution in [2.45, 2.75) is 6.54 Å². The molecule has 0 aromatic heterocycles. The van der Waals surface area contributed by atoms with Crippen LogP contribution in [0.1, 0.15) is 5.56 Å². The van der Waals surface area contributed by atoms with Crippen LogP contribution in [0.2, 0.25) is 0 Å². The molecule has 3 aromatic rings. The Kier molecular flexibility index (Phi) is 4.69. The summed E-state index contributed by atoms with van der Waals surface area (Å²) in [5, 5.41) is 0. The number of benzene rings is 3. The molecule has 0 saturated heterocycles. The molecule has 2 aliphatic heterocycles. The molecule has 4 nitrogen and oxygen atoms in total. The summed E-state index contributed by atoms with van der Waals surface area (Å²) in [7, 11) is 0. The lowest BCUT2D eigenvalue weighted by Gasteiger charge is -2.10. The number of halogens is 1. The van der Waals surface area contributed by atoms with E-state index in [-0.39, 0.29) is 5.82 Å². The highest BCUT2D eigenvalue weighted by atomic mass is 19.1. The molecule has 5 rings (SSSR count). The van der Waals surface area contributed by atoms with Crippen molar-refractivity contribution in [1.29, 1.82) is 0 Å². The van der Waals surface area contributed by atoms with E-state index in [1.807, 2.05) is 71.6 Å². The van der Waals surface area contributed by atoms with Gasteiger partial charge in [-0.1, -0.05) is 42.5 Å². The number of fused-ring (bicyclic) bond motifs is 1. The number of hydrogen-bond donors (Lipinski definition) is 0. The molecule has 0 bridgehead atoms. The molecule has 0 amide bonds. The van der Waals surface area contributed by atoms with E-state index in [4.69, 9.17) is 4.74 Å². The van der Waals surface area contributed by atoms with Crippen molar-refractivity contribution in [3.63, 3.8) is 0 Å². The van der Waals surface area contributed by atoms with Gasteiger partial charge in [0.2, 0.25) is 0 Å². The minimum atomic E-state index is -0.323. The number of imidazole rings is 1. The third-order valence-corrected chi connectivity index (χ3v) is 4.78. The highest BCUT2D eigenvalue weighted by Gasteiger charge is 2.15. The van der Waals surface area contributed by atoms with Gasteiger partial charge in [-0.3, -0.25) is 0 Å².